The summed E-state index contributed by atoms with van der Waals surface area (Å²) in [5.41, 5.74) is 0.873. The number of carbonyl (C=O) groups excluding carboxylic acids is 6. The zero-order valence-electron chi connectivity index (χ0n) is 22.9. The van der Waals surface area contributed by atoms with Crippen LogP contribution in [-0.4, -0.2) is 60.6 Å². The molecular formula is C28H33BrN4O7. The van der Waals surface area contributed by atoms with Crippen LogP contribution in [0.5, 0.6) is 0 Å². The van der Waals surface area contributed by atoms with Crippen LogP contribution in [0.4, 0.5) is 5.69 Å². The predicted octanol–water partition coefficient (Wildman–Crippen LogP) is 2.14. The first-order chi connectivity index (χ1) is 18.8. The van der Waals surface area contributed by atoms with Crippen molar-refractivity contribution in [3.8, 4) is 0 Å². The topological polar surface area (TPSA) is 160 Å². The summed E-state index contributed by atoms with van der Waals surface area (Å²) in [7, 11) is 1.22. The lowest BCUT2D eigenvalue weighted by atomic mass is 10.0. The first-order valence-electron chi connectivity index (χ1n) is 12.5. The number of hydrogen-bond donors (Lipinski definition) is 4. The van der Waals surface area contributed by atoms with Gasteiger partial charge in [-0.2, -0.15) is 0 Å². The summed E-state index contributed by atoms with van der Waals surface area (Å²) in [6.07, 6.45) is 0.183. The van der Waals surface area contributed by atoms with E-state index in [2.05, 4.69) is 37.2 Å². The minimum atomic E-state index is -1.19. The largest absolute Gasteiger partial charge is 0.467 e. The number of ether oxygens (including phenoxy) is 1. The van der Waals surface area contributed by atoms with E-state index in [0.717, 1.165) is 5.56 Å². The first kappa shape index (κ1) is 32.2. The molecule has 0 aromatic heterocycles. The maximum Gasteiger partial charge on any atom is 0.328 e. The first-order valence-corrected chi connectivity index (χ1v) is 13.3. The van der Waals surface area contributed by atoms with Crippen molar-refractivity contribution >= 4 is 57.0 Å². The number of Topliss-reactive ketones (excluding diaryl/α,β-unsaturated/α-hetero) is 1. The number of anilines is 1. The molecular weight excluding hydrogens is 584 g/mol. The minimum Gasteiger partial charge on any atom is -0.467 e. The van der Waals surface area contributed by atoms with E-state index in [-0.39, 0.29) is 23.6 Å². The van der Waals surface area contributed by atoms with Crippen LogP contribution in [0.15, 0.2) is 53.0 Å². The highest BCUT2D eigenvalue weighted by atomic mass is 79.9. The molecule has 0 spiro atoms. The summed E-state index contributed by atoms with van der Waals surface area (Å²) >= 11 is 3.23. The number of carbonyl (C=O) groups is 6. The van der Waals surface area contributed by atoms with Crippen molar-refractivity contribution in [3.63, 3.8) is 0 Å². The Labute approximate surface area is 240 Å². The summed E-state index contributed by atoms with van der Waals surface area (Å²) in [6, 6.07) is 10.3. The number of methoxy groups -OCH3 is 1. The fourth-order valence-electron chi connectivity index (χ4n) is 3.71. The second-order valence-electron chi connectivity index (χ2n) is 9.40. The highest BCUT2D eigenvalue weighted by molar-refractivity contribution is 9.10. The SMILES string of the molecule is COC(=O)[C@@H](Cc1ccccc1)NC(=O)[C@@H](NC(=O)[C@H](C)NC(=O)C(=O)c1cc(Br)ccc1NC(C)=O)C(C)C. The van der Waals surface area contributed by atoms with E-state index in [1.165, 1.54) is 33.1 Å². The average molecular weight is 617 g/mol. The molecule has 0 fully saturated rings. The van der Waals surface area contributed by atoms with Gasteiger partial charge in [0.25, 0.3) is 11.7 Å². The molecule has 40 heavy (non-hydrogen) atoms. The van der Waals surface area contributed by atoms with Crippen molar-refractivity contribution in [1.82, 2.24) is 16.0 Å². The minimum absolute atomic E-state index is 0.0682. The highest BCUT2D eigenvalue weighted by Crippen LogP contribution is 2.22. The molecule has 4 N–H and O–H groups in total. The van der Waals surface area contributed by atoms with Gasteiger partial charge in [0.05, 0.1) is 18.4 Å². The molecule has 12 heteroatoms. The van der Waals surface area contributed by atoms with Crippen LogP contribution in [0.3, 0.4) is 0 Å². The molecule has 0 heterocycles. The number of nitrogens with one attached hydrogen (secondary N) is 4. The zero-order chi connectivity index (χ0) is 30.0. The maximum absolute atomic E-state index is 13.1. The average Bonchev–Trinajstić information content (AvgIpc) is 2.91. The molecule has 0 aliphatic carbocycles. The van der Waals surface area contributed by atoms with E-state index in [9.17, 15) is 28.8 Å². The molecule has 2 aromatic rings. The van der Waals surface area contributed by atoms with Crippen molar-refractivity contribution in [2.45, 2.75) is 52.2 Å². The Morgan fingerprint density at radius 3 is 2.10 bits per heavy atom. The Kier molecular flexibility index (Phi) is 12.0. The number of rotatable bonds is 12. The molecule has 0 aliphatic heterocycles. The molecule has 214 valence electrons. The molecule has 2 aromatic carbocycles. The van der Waals surface area contributed by atoms with E-state index in [1.807, 2.05) is 18.2 Å². The van der Waals surface area contributed by atoms with Crippen molar-refractivity contribution in [3.05, 3.63) is 64.1 Å². The van der Waals surface area contributed by atoms with Crippen LogP contribution in [0.25, 0.3) is 0 Å². The molecule has 0 radical (unpaired) electrons. The Balaban J connectivity index is 2.10. The molecule has 0 saturated heterocycles. The Hall–Kier alpha value is -4.06. The smallest absolute Gasteiger partial charge is 0.328 e. The Morgan fingerprint density at radius 2 is 1.52 bits per heavy atom. The highest BCUT2D eigenvalue weighted by Gasteiger charge is 2.31. The normalized spacial score (nSPS) is 12.9. The second kappa shape index (κ2) is 14.9. The molecule has 0 bridgehead atoms. The van der Waals surface area contributed by atoms with Gasteiger partial charge in [-0.3, -0.25) is 24.0 Å². The number of amides is 4. The van der Waals surface area contributed by atoms with E-state index in [0.29, 0.717) is 4.47 Å². The second-order valence-corrected chi connectivity index (χ2v) is 10.3. The lowest BCUT2D eigenvalue weighted by Gasteiger charge is -2.26. The van der Waals surface area contributed by atoms with Crippen LogP contribution in [-0.2, 0) is 35.1 Å². The summed E-state index contributed by atoms with van der Waals surface area (Å²) in [4.78, 5) is 75.4. The summed E-state index contributed by atoms with van der Waals surface area (Å²) < 4.78 is 5.34. The lowest BCUT2D eigenvalue weighted by molar-refractivity contribution is -0.145. The van der Waals surface area contributed by atoms with Crippen molar-refractivity contribution in [2.75, 3.05) is 12.4 Å². The Bertz CT molecular complexity index is 1270. The number of esters is 1. The van der Waals surface area contributed by atoms with Crippen molar-refractivity contribution in [1.29, 1.82) is 0 Å². The van der Waals surface area contributed by atoms with Crippen LogP contribution >= 0.6 is 15.9 Å². The van der Waals surface area contributed by atoms with Gasteiger partial charge in [0.15, 0.2) is 0 Å². The van der Waals surface area contributed by atoms with Gasteiger partial charge in [-0.1, -0.05) is 60.1 Å². The zero-order valence-corrected chi connectivity index (χ0v) is 24.5. The third kappa shape index (κ3) is 9.30. The fraction of sp³-hybridized carbons (Fsp3) is 0.357. The van der Waals surface area contributed by atoms with E-state index in [4.69, 9.17) is 4.74 Å². The number of hydrogen-bond acceptors (Lipinski definition) is 7. The molecule has 0 saturated carbocycles. The molecule has 11 nitrogen and oxygen atoms in total. The van der Waals surface area contributed by atoms with Crippen LogP contribution in [0.2, 0.25) is 0 Å². The van der Waals surface area contributed by atoms with E-state index >= 15 is 0 Å². The summed E-state index contributed by atoms with van der Waals surface area (Å²) in [5, 5.41) is 10.0. The summed E-state index contributed by atoms with van der Waals surface area (Å²) in [5.74, 6) is -4.83. The van der Waals surface area contributed by atoms with Gasteiger partial charge >= 0.3 is 5.97 Å². The third-order valence-corrected chi connectivity index (χ3v) is 6.31. The van der Waals surface area contributed by atoms with Crippen LogP contribution < -0.4 is 21.3 Å². The van der Waals surface area contributed by atoms with Gasteiger partial charge in [0.1, 0.15) is 18.1 Å². The monoisotopic (exact) mass is 616 g/mol. The molecule has 2 rings (SSSR count). The van der Waals surface area contributed by atoms with Gasteiger partial charge < -0.3 is 26.0 Å². The fourth-order valence-corrected chi connectivity index (χ4v) is 4.07. The molecule has 4 amide bonds. The quantitative estimate of drug-likeness (QED) is 0.161. The Morgan fingerprint density at radius 1 is 0.875 bits per heavy atom. The van der Waals surface area contributed by atoms with Gasteiger partial charge in [0, 0.05) is 17.8 Å². The van der Waals surface area contributed by atoms with Gasteiger partial charge in [0.2, 0.25) is 17.7 Å². The maximum atomic E-state index is 13.1. The van der Waals surface area contributed by atoms with Gasteiger partial charge in [-0.05, 0) is 36.6 Å². The molecule has 3 atom stereocenters. The lowest BCUT2D eigenvalue weighted by Crippen LogP contribution is -2.57. The van der Waals surface area contributed by atoms with Crippen molar-refractivity contribution in [2.24, 2.45) is 5.92 Å². The number of ketones is 1. The van der Waals surface area contributed by atoms with Gasteiger partial charge in [-0.15, -0.1) is 0 Å². The third-order valence-electron chi connectivity index (χ3n) is 5.82. The molecule has 0 unspecified atom stereocenters. The predicted molar refractivity (Wildman–Crippen MR) is 151 cm³/mol. The summed E-state index contributed by atoms with van der Waals surface area (Å²) in [6.45, 7) is 6.04. The van der Waals surface area contributed by atoms with E-state index in [1.54, 1.807) is 32.0 Å². The number of halogens is 1. The van der Waals surface area contributed by atoms with Crippen LogP contribution in [0, 0.1) is 5.92 Å². The van der Waals surface area contributed by atoms with Gasteiger partial charge in [-0.25, -0.2) is 4.79 Å². The number of benzene rings is 2. The standard InChI is InChI=1S/C28H33BrN4O7/c1-15(2)23(26(37)32-22(28(39)40-5)13-18-9-7-6-8-10-18)33-25(36)16(3)30-27(38)24(35)20-14-19(29)11-12-21(20)31-17(4)34/h6-12,14-16,22-23H,13H2,1-5H3,(H,30,38)(H,31,34)(H,32,37)(H,33,36)/t16-,22+,23-/m0/s1. The van der Waals surface area contributed by atoms with Crippen molar-refractivity contribution < 1.29 is 33.5 Å². The van der Waals surface area contributed by atoms with E-state index < -0.39 is 53.5 Å². The van der Waals surface area contributed by atoms with Crippen LogP contribution in [0.1, 0.15) is 43.6 Å². The molecule has 0 aliphatic rings.